The van der Waals surface area contributed by atoms with Crippen molar-refractivity contribution < 1.29 is 12.9 Å². The van der Waals surface area contributed by atoms with E-state index < -0.39 is 10.0 Å². The number of hydrogen-bond acceptors (Lipinski definition) is 6. The number of hydrogen-bond donors (Lipinski definition) is 1. The molecule has 3 heterocycles. The van der Waals surface area contributed by atoms with Gasteiger partial charge in [0.15, 0.2) is 16.0 Å². The van der Waals surface area contributed by atoms with Gasteiger partial charge in [-0.25, -0.2) is 18.1 Å². The van der Waals surface area contributed by atoms with E-state index in [2.05, 4.69) is 24.4 Å². The van der Waals surface area contributed by atoms with E-state index in [0.717, 1.165) is 6.39 Å². The second-order valence-electron chi connectivity index (χ2n) is 3.81. The lowest BCUT2D eigenvalue weighted by molar-refractivity contribution is 0.409. The largest absolute Gasteiger partial charge is 0.343 e. The molecule has 3 rings (SSSR count). The van der Waals surface area contributed by atoms with Crippen molar-refractivity contribution in [1.29, 1.82) is 0 Å². The Morgan fingerprint density at radius 1 is 1.40 bits per heavy atom. The Labute approximate surface area is 118 Å². The quantitative estimate of drug-likeness (QED) is 0.766. The van der Waals surface area contributed by atoms with Gasteiger partial charge in [-0.3, -0.25) is 4.40 Å². The Hall–Kier alpha value is -1.97. The minimum atomic E-state index is -3.85. The van der Waals surface area contributed by atoms with Gasteiger partial charge in [0.1, 0.15) is 5.65 Å². The highest BCUT2D eigenvalue weighted by molar-refractivity contribution is 7.89. The van der Waals surface area contributed by atoms with Crippen molar-refractivity contribution >= 4 is 27.3 Å². The molecule has 0 atom stereocenters. The lowest BCUT2D eigenvalue weighted by atomic mass is 10.5. The number of halogens is 1. The Kier molecular flexibility index (Phi) is 3.16. The summed E-state index contributed by atoms with van der Waals surface area (Å²) in [4.78, 5) is 7.71. The second-order valence-corrected chi connectivity index (χ2v) is 5.85. The van der Waals surface area contributed by atoms with Crippen LogP contribution in [-0.2, 0) is 16.6 Å². The molecule has 0 saturated heterocycles. The van der Waals surface area contributed by atoms with Crippen molar-refractivity contribution in [1.82, 2.24) is 24.2 Å². The van der Waals surface area contributed by atoms with Crippen LogP contribution < -0.4 is 4.72 Å². The first-order valence-electron chi connectivity index (χ1n) is 5.45. The molecule has 20 heavy (non-hydrogen) atoms. The maximum atomic E-state index is 12.3. The average Bonchev–Trinajstić information content (AvgIpc) is 3.02. The molecule has 1 N–H and O–H groups in total. The molecule has 104 valence electrons. The maximum absolute atomic E-state index is 12.3. The fraction of sp³-hybridized carbons (Fsp3) is 0.100. The van der Waals surface area contributed by atoms with Crippen molar-refractivity contribution in [2.24, 2.45) is 0 Å². The third kappa shape index (κ3) is 2.26. The average molecular weight is 314 g/mol. The Morgan fingerprint density at radius 2 is 2.25 bits per heavy atom. The molecule has 0 spiro atoms. The summed E-state index contributed by atoms with van der Waals surface area (Å²) in [7, 11) is -3.85. The molecule has 0 amide bonds. The third-order valence-corrected chi connectivity index (χ3v) is 4.33. The van der Waals surface area contributed by atoms with E-state index in [0.29, 0.717) is 5.65 Å². The summed E-state index contributed by atoms with van der Waals surface area (Å²) in [5, 5.41) is 3.29. The molecule has 0 unspecified atom stereocenters. The van der Waals surface area contributed by atoms with Gasteiger partial charge in [0.05, 0.1) is 6.54 Å². The molecular weight excluding hydrogens is 306 g/mol. The molecule has 8 nitrogen and oxygen atoms in total. The van der Waals surface area contributed by atoms with Gasteiger partial charge in [-0.15, -0.1) is 0 Å². The number of nitrogens with one attached hydrogen (secondary N) is 1. The fourth-order valence-electron chi connectivity index (χ4n) is 1.68. The van der Waals surface area contributed by atoms with Crippen molar-refractivity contribution in [2.75, 3.05) is 0 Å². The van der Waals surface area contributed by atoms with Gasteiger partial charge < -0.3 is 4.52 Å². The summed E-state index contributed by atoms with van der Waals surface area (Å²) in [5.74, 6) is 0.221. The van der Waals surface area contributed by atoms with Crippen LogP contribution in [0.2, 0.25) is 5.15 Å². The lowest BCUT2D eigenvalue weighted by Crippen LogP contribution is -2.25. The molecule has 0 aliphatic rings. The molecule has 0 aromatic carbocycles. The molecule has 0 fully saturated rings. The predicted molar refractivity (Wildman–Crippen MR) is 68.5 cm³/mol. The third-order valence-electron chi connectivity index (χ3n) is 2.53. The summed E-state index contributed by atoms with van der Waals surface area (Å²) in [5.41, 5.74) is 0.442. The molecule has 0 aliphatic carbocycles. The standard InChI is InChI=1S/C10H8ClN5O3S/c11-9-10(16-4-2-1-3-8(16)14-9)20(17,18)13-5-7-12-6-19-15-7/h1-4,6,13H,5H2. The fourth-order valence-corrected chi connectivity index (χ4v) is 3.30. The van der Waals surface area contributed by atoms with Crippen molar-refractivity contribution in [3.8, 4) is 0 Å². The van der Waals surface area contributed by atoms with Gasteiger partial charge in [0.2, 0.25) is 6.39 Å². The highest BCUT2D eigenvalue weighted by Gasteiger charge is 2.24. The predicted octanol–water partition coefficient (Wildman–Crippen LogP) is 0.849. The van der Waals surface area contributed by atoms with Crippen LogP contribution in [-0.4, -0.2) is 27.9 Å². The molecule has 3 aromatic rings. The first-order chi connectivity index (χ1) is 9.58. The van der Waals surface area contributed by atoms with E-state index >= 15 is 0 Å². The van der Waals surface area contributed by atoms with Crippen LogP contribution in [0.3, 0.4) is 0 Å². The van der Waals surface area contributed by atoms with Gasteiger partial charge >= 0.3 is 0 Å². The minimum Gasteiger partial charge on any atom is -0.343 e. The van der Waals surface area contributed by atoms with Gasteiger partial charge in [-0.05, 0) is 12.1 Å². The van der Waals surface area contributed by atoms with Crippen molar-refractivity contribution in [2.45, 2.75) is 11.6 Å². The van der Waals surface area contributed by atoms with Crippen LogP contribution in [0.1, 0.15) is 5.82 Å². The lowest BCUT2D eigenvalue weighted by Gasteiger charge is -2.04. The number of nitrogens with zero attached hydrogens (tertiary/aromatic N) is 4. The summed E-state index contributed by atoms with van der Waals surface area (Å²) in [6.45, 7) is -0.102. The first kappa shape index (κ1) is 13.0. The molecular formula is C10H8ClN5O3S. The summed E-state index contributed by atoms with van der Waals surface area (Å²) >= 11 is 5.91. The molecule has 0 aliphatic heterocycles. The molecule has 0 bridgehead atoms. The summed E-state index contributed by atoms with van der Waals surface area (Å²) < 4.78 is 32.8. The van der Waals surface area contributed by atoms with Gasteiger partial charge in [-0.2, -0.15) is 4.98 Å². The number of imidazole rings is 1. The first-order valence-corrected chi connectivity index (χ1v) is 7.31. The highest BCUT2D eigenvalue weighted by Crippen LogP contribution is 2.22. The maximum Gasteiger partial charge on any atom is 0.260 e. The van der Waals surface area contributed by atoms with E-state index in [9.17, 15) is 8.42 Å². The zero-order chi connectivity index (χ0) is 14.2. The van der Waals surface area contributed by atoms with Gasteiger partial charge in [0.25, 0.3) is 10.0 Å². The van der Waals surface area contributed by atoms with Crippen LogP contribution in [0.15, 0.2) is 40.3 Å². The summed E-state index contributed by atoms with van der Waals surface area (Å²) in [6, 6.07) is 5.08. The molecule has 3 aromatic heterocycles. The molecule has 10 heteroatoms. The van der Waals surface area contributed by atoms with Gasteiger partial charge in [-0.1, -0.05) is 22.8 Å². The monoisotopic (exact) mass is 313 g/mol. The van der Waals surface area contributed by atoms with Crippen LogP contribution >= 0.6 is 11.6 Å². The van der Waals surface area contributed by atoms with Crippen LogP contribution in [0.4, 0.5) is 0 Å². The van der Waals surface area contributed by atoms with Crippen molar-refractivity contribution in [3.63, 3.8) is 0 Å². The van der Waals surface area contributed by atoms with Crippen LogP contribution in [0, 0.1) is 0 Å². The highest BCUT2D eigenvalue weighted by atomic mass is 35.5. The molecule has 0 saturated carbocycles. The second kappa shape index (κ2) is 4.85. The number of fused-ring (bicyclic) bond motifs is 1. The van der Waals surface area contributed by atoms with Crippen molar-refractivity contribution in [3.05, 3.63) is 41.8 Å². The topological polar surface area (TPSA) is 102 Å². The zero-order valence-electron chi connectivity index (χ0n) is 9.89. The number of aromatic nitrogens is 4. The van der Waals surface area contributed by atoms with Gasteiger partial charge in [0, 0.05) is 6.20 Å². The number of pyridine rings is 1. The Bertz CT molecular complexity index is 843. The Balaban J connectivity index is 1.98. The normalized spacial score (nSPS) is 12.1. The number of sulfonamides is 1. The summed E-state index contributed by atoms with van der Waals surface area (Å²) in [6.07, 6.45) is 2.68. The Morgan fingerprint density at radius 3 is 3.00 bits per heavy atom. The zero-order valence-corrected chi connectivity index (χ0v) is 11.5. The SMILES string of the molecule is O=S(=O)(NCc1ncon1)c1c(Cl)nc2ccccn12. The smallest absolute Gasteiger partial charge is 0.260 e. The van der Waals surface area contributed by atoms with Crippen LogP contribution in [0.5, 0.6) is 0 Å². The van der Waals surface area contributed by atoms with E-state index in [1.807, 2.05) is 0 Å². The number of rotatable bonds is 4. The van der Waals surface area contributed by atoms with E-state index in [4.69, 9.17) is 11.6 Å². The van der Waals surface area contributed by atoms with E-state index in [1.54, 1.807) is 24.4 Å². The minimum absolute atomic E-state index is 0.100. The van der Waals surface area contributed by atoms with E-state index in [-0.39, 0.29) is 22.5 Å². The van der Waals surface area contributed by atoms with Crippen LogP contribution in [0.25, 0.3) is 5.65 Å². The van der Waals surface area contributed by atoms with E-state index in [1.165, 1.54) is 4.40 Å². The molecule has 0 radical (unpaired) electrons.